The molecule has 2 amide bonds. The van der Waals surface area contributed by atoms with Crippen LogP contribution in [0.1, 0.15) is 40.0 Å². The number of carbonyl (C=O) groups excluding carboxylic acids is 1. The zero-order valence-electron chi connectivity index (χ0n) is 16.4. The zero-order valence-corrected chi connectivity index (χ0v) is 16.4. The highest BCUT2D eigenvalue weighted by Gasteiger charge is 2.34. The number of anilines is 1. The Labute approximate surface area is 161 Å². The molecule has 0 heterocycles. The molecular weight excluding hydrogens is 346 g/mol. The summed E-state index contributed by atoms with van der Waals surface area (Å²) in [6.45, 7) is 7.70. The lowest BCUT2D eigenvalue weighted by Crippen LogP contribution is -2.55. The first kappa shape index (κ1) is 21.0. The monoisotopic (exact) mass is 377 g/mol. The minimum Gasteiger partial charge on any atom is -0.494 e. The van der Waals surface area contributed by atoms with Crippen molar-refractivity contribution in [1.82, 2.24) is 10.2 Å². The third kappa shape index (κ3) is 7.09. The molecule has 1 aromatic carbocycles. The van der Waals surface area contributed by atoms with E-state index >= 15 is 0 Å². The lowest BCUT2D eigenvalue weighted by atomic mass is 9.85. The topological polar surface area (TPSA) is 90.9 Å². The fraction of sp³-hybridized carbons (Fsp3) is 0.600. The Kier molecular flexibility index (Phi) is 7.91. The number of ether oxygens (including phenoxy) is 1. The summed E-state index contributed by atoms with van der Waals surface area (Å²) in [7, 11) is 0. The Morgan fingerprint density at radius 2 is 1.93 bits per heavy atom. The second kappa shape index (κ2) is 10.2. The normalized spacial score (nSPS) is 18.9. The average molecular weight is 377 g/mol. The number of hydrogen-bond donors (Lipinski definition) is 3. The van der Waals surface area contributed by atoms with E-state index in [1.165, 1.54) is 0 Å². The van der Waals surface area contributed by atoms with Gasteiger partial charge in [0.2, 0.25) is 0 Å². The first-order valence-corrected chi connectivity index (χ1v) is 9.63. The van der Waals surface area contributed by atoms with E-state index in [1.54, 1.807) is 0 Å². The molecule has 1 aliphatic rings. The van der Waals surface area contributed by atoms with Gasteiger partial charge in [-0.25, -0.2) is 4.79 Å². The van der Waals surface area contributed by atoms with Crippen LogP contribution in [0.5, 0.6) is 5.75 Å². The maximum Gasteiger partial charge on any atom is 0.319 e. The first-order valence-electron chi connectivity index (χ1n) is 9.63. The van der Waals surface area contributed by atoms with Gasteiger partial charge in [0.1, 0.15) is 5.75 Å². The largest absolute Gasteiger partial charge is 0.494 e. The minimum atomic E-state index is -0.817. The molecule has 7 heteroatoms. The molecule has 2 rings (SSSR count). The van der Waals surface area contributed by atoms with E-state index in [9.17, 15) is 9.59 Å². The Hall–Kier alpha value is -2.28. The van der Waals surface area contributed by atoms with Crippen LogP contribution in [0.25, 0.3) is 0 Å². The number of carboxylic acids is 1. The lowest BCUT2D eigenvalue weighted by molar-refractivity contribution is -0.139. The SMILES string of the molecule is CCN(CC(=O)O)C1CC(NC(=O)Nc2ccc(OCCC(C)C)cc2)C1. The van der Waals surface area contributed by atoms with Crippen molar-refractivity contribution in [3.63, 3.8) is 0 Å². The quantitative estimate of drug-likeness (QED) is 0.583. The van der Waals surface area contributed by atoms with E-state index in [0.717, 1.165) is 25.0 Å². The van der Waals surface area contributed by atoms with Gasteiger partial charge in [-0.2, -0.15) is 0 Å². The van der Waals surface area contributed by atoms with Crippen LogP contribution >= 0.6 is 0 Å². The molecule has 1 fully saturated rings. The van der Waals surface area contributed by atoms with Gasteiger partial charge in [0, 0.05) is 17.8 Å². The van der Waals surface area contributed by atoms with Crippen molar-refractivity contribution in [2.24, 2.45) is 5.92 Å². The molecule has 0 atom stereocenters. The van der Waals surface area contributed by atoms with Crippen molar-refractivity contribution in [1.29, 1.82) is 0 Å². The van der Waals surface area contributed by atoms with Gasteiger partial charge in [-0.3, -0.25) is 9.69 Å². The highest BCUT2D eigenvalue weighted by atomic mass is 16.5. The van der Waals surface area contributed by atoms with Gasteiger partial charge in [0.25, 0.3) is 0 Å². The Morgan fingerprint density at radius 1 is 1.26 bits per heavy atom. The second-order valence-electron chi connectivity index (χ2n) is 7.43. The van der Waals surface area contributed by atoms with E-state index in [2.05, 4.69) is 24.5 Å². The summed E-state index contributed by atoms with van der Waals surface area (Å²) in [5.41, 5.74) is 0.709. The number of carbonyl (C=O) groups is 2. The summed E-state index contributed by atoms with van der Waals surface area (Å²) >= 11 is 0. The summed E-state index contributed by atoms with van der Waals surface area (Å²) in [5, 5.41) is 14.7. The number of nitrogens with zero attached hydrogens (tertiary/aromatic N) is 1. The van der Waals surface area contributed by atoms with E-state index in [1.807, 2.05) is 36.1 Å². The Balaban J connectivity index is 1.70. The third-order valence-electron chi connectivity index (χ3n) is 4.79. The van der Waals surface area contributed by atoms with Crippen LogP contribution in [-0.4, -0.2) is 53.8 Å². The van der Waals surface area contributed by atoms with Gasteiger partial charge in [0.05, 0.1) is 13.2 Å². The van der Waals surface area contributed by atoms with Crippen LogP contribution in [0, 0.1) is 5.92 Å². The molecule has 3 N–H and O–H groups in total. The van der Waals surface area contributed by atoms with Crippen molar-refractivity contribution in [3.05, 3.63) is 24.3 Å². The van der Waals surface area contributed by atoms with Crippen molar-refractivity contribution in [2.45, 2.75) is 52.1 Å². The van der Waals surface area contributed by atoms with Gasteiger partial charge < -0.3 is 20.5 Å². The van der Waals surface area contributed by atoms with Crippen LogP contribution in [0.4, 0.5) is 10.5 Å². The molecule has 0 saturated heterocycles. The smallest absolute Gasteiger partial charge is 0.319 e. The zero-order chi connectivity index (χ0) is 19.8. The van der Waals surface area contributed by atoms with Crippen LogP contribution < -0.4 is 15.4 Å². The number of benzene rings is 1. The fourth-order valence-electron chi connectivity index (χ4n) is 3.08. The van der Waals surface area contributed by atoms with E-state index in [-0.39, 0.29) is 24.7 Å². The summed E-state index contributed by atoms with van der Waals surface area (Å²) in [6.07, 6.45) is 2.56. The molecule has 150 valence electrons. The number of carboxylic acid groups (broad SMARTS) is 1. The molecule has 0 unspecified atom stereocenters. The number of aliphatic carboxylic acids is 1. The highest BCUT2D eigenvalue weighted by molar-refractivity contribution is 5.89. The van der Waals surface area contributed by atoms with Crippen molar-refractivity contribution in [3.8, 4) is 5.75 Å². The van der Waals surface area contributed by atoms with Crippen molar-refractivity contribution in [2.75, 3.05) is 25.0 Å². The number of likely N-dealkylation sites (N-methyl/N-ethyl adjacent to an activating group) is 1. The average Bonchev–Trinajstić information content (AvgIpc) is 2.57. The maximum absolute atomic E-state index is 12.1. The first-order chi connectivity index (χ1) is 12.9. The summed E-state index contributed by atoms with van der Waals surface area (Å²) < 4.78 is 5.67. The van der Waals surface area contributed by atoms with Crippen LogP contribution in [0.3, 0.4) is 0 Å². The van der Waals surface area contributed by atoms with E-state index < -0.39 is 5.97 Å². The second-order valence-corrected chi connectivity index (χ2v) is 7.43. The molecule has 0 aromatic heterocycles. The predicted molar refractivity (Wildman–Crippen MR) is 105 cm³/mol. The van der Waals surface area contributed by atoms with Gasteiger partial charge in [-0.15, -0.1) is 0 Å². The van der Waals surface area contributed by atoms with Crippen LogP contribution in [0.15, 0.2) is 24.3 Å². The van der Waals surface area contributed by atoms with Gasteiger partial charge >= 0.3 is 12.0 Å². The van der Waals surface area contributed by atoms with Crippen molar-refractivity contribution < 1.29 is 19.4 Å². The highest BCUT2D eigenvalue weighted by Crippen LogP contribution is 2.25. The molecule has 7 nitrogen and oxygen atoms in total. The molecule has 0 aliphatic heterocycles. The third-order valence-corrected chi connectivity index (χ3v) is 4.79. The van der Waals surface area contributed by atoms with Crippen molar-refractivity contribution >= 4 is 17.7 Å². The van der Waals surface area contributed by atoms with E-state index in [4.69, 9.17) is 9.84 Å². The summed E-state index contributed by atoms with van der Waals surface area (Å²) in [6, 6.07) is 7.39. The van der Waals surface area contributed by atoms with E-state index in [0.29, 0.717) is 24.8 Å². The standard InChI is InChI=1S/C20H31N3O4/c1-4-23(13-19(24)25)17-11-16(12-17)22-20(26)21-15-5-7-18(8-6-15)27-10-9-14(2)3/h5-8,14,16-17H,4,9-13H2,1-3H3,(H,24,25)(H2,21,22,26). The summed E-state index contributed by atoms with van der Waals surface area (Å²) in [4.78, 5) is 24.9. The molecule has 1 saturated carbocycles. The van der Waals surface area contributed by atoms with Crippen LogP contribution in [-0.2, 0) is 4.79 Å². The molecule has 1 aromatic rings. The molecule has 0 spiro atoms. The molecule has 1 aliphatic carbocycles. The fourth-order valence-corrected chi connectivity index (χ4v) is 3.08. The van der Waals surface area contributed by atoms with Gasteiger partial charge in [-0.05, 0) is 56.0 Å². The molecule has 0 radical (unpaired) electrons. The predicted octanol–water partition coefficient (Wildman–Crippen LogP) is 3.17. The number of hydrogen-bond acceptors (Lipinski definition) is 4. The number of nitrogens with one attached hydrogen (secondary N) is 2. The summed E-state index contributed by atoms with van der Waals surface area (Å²) in [5.74, 6) is 0.582. The lowest BCUT2D eigenvalue weighted by Gasteiger charge is -2.42. The molecule has 0 bridgehead atoms. The maximum atomic E-state index is 12.1. The Bertz CT molecular complexity index is 612. The number of rotatable bonds is 10. The molecular formula is C20H31N3O4. The minimum absolute atomic E-state index is 0.0473. The Morgan fingerprint density at radius 3 is 2.48 bits per heavy atom. The van der Waals surface area contributed by atoms with Crippen LogP contribution in [0.2, 0.25) is 0 Å². The number of amides is 2. The van der Waals surface area contributed by atoms with Gasteiger partial charge in [0.15, 0.2) is 0 Å². The number of urea groups is 1. The molecule has 27 heavy (non-hydrogen) atoms. The van der Waals surface area contributed by atoms with Gasteiger partial charge in [-0.1, -0.05) is 20.8 Å².